The molecule has 0 saturated carbocycles. The minimum atomic E-state index is -1.12. The number of nitrogens with one attached hydrogen (secondary N) is 2. The van der Waals surface area contributed by atoms with Crippen molar-refractivity contribution >= 4 is 45.8 Å². The van der Waals surface area contributed by atoms with Crippen molar-refractivity contribution in [1.82, 2.24) is 45.0 Å². The smallest absolute Gasteiger partial charge is 0.324 e. The van der Waals surface area contributed by atoms with Crippen LogP contribution in [0.2, 0.25) is 0 Å². The number of likely N-dealkylation sites (tertiary alicyclic amines) is 2. The molecular formula is C48H66N10O6S. The van der Waals surface area contributed by atoms with Gasteiger partial charge >= 0.3 is 12.0 Å². The number of fused-ring (bicyclic) bond motifs is 7. The van der Waals surface area contributed by atoms with E-state index in [9.17, 15) is 14.4 Å². The maximum Gasteiger partial charge on any atom is 0.324 e. The Morgan fingerprint density at radius 1 is 1.06 bits per heavy atom. The van der Waals surface area contributed by atoms with Gasteiger partial charge in [-0.1, -0.05) is 19.9 Å². The number of rotatable bonds is 8. The van der Waals surface area contributed by atoms with Gasteiger partial charge in [0.1, 0.15) is 23.2 Å². The van der Waals surface area contributed by atoms with Crippen molar-refractivity contribution < 1.29 is 28.6 Å². The van der Waals surface area contributed by atoms with Crippen LogP contribution >= 0.6 is 11.3 Å². The number of ether oxygens (including phenoxy) is 3. The van der Waals surface area contributed by atoms with Crippen molar-refractivity contribution in [3.05, 3.63) is 52.1 Å². The number of hydrogen-bond acceptors (Lipinski definition) is 13. The number of amides is 3. The van der Waals surface area contributed by atoms with Crippen LogP contribution in [0.4, 0.5) is 10.5 Å². The molecule has 2 N–H and O–H groups in total. The Balaban J connectivity index is 1.17. The van der Waals surface area contributed by atoms with Crippen molar-refractivity contribution in [2.24, 2.45) is 11.3 Å². The number of pyridine rings is 1. The zero-order valence-electron chi connectivity index (χ0n) is 39.3. The van der Waals surface area contributed by atoms with E-state index in [0.717, 1.165) is 89.6 Å². The molecule has 0 spiro atoms. The van der Waals surface area contributed by atoms with Crippen molar-refractivity contribution in [3.8, 4) is 22.5 Å². The van der Waals surface area contributed by atoms with Gasteiger partial charge in [0.15, 0.2) is 0 Å². The van der Waals surface area contributed by atoms with E-state index in [-0.39, 0.29) is 37.3 Å². The van der Waals surface area contributed by atoms with Crippen LogP contribution in [0.5, 0.6) is 0 Å². The largest absolute Gasteiger partial charge is 0.464 e. The summed E-state index contributed by atoms with van der Waals surface area (Å²) in [5.41, 5.74) is 10.6. The fourth-order valence-corrected chi connectivity index (χ4v) is 11.4. The van der Waals surface area contributed by atoms with Gasteiger partial charge in [-0.05, 0) is 77.9 Å². The molecule has 1 aromatic carbocycles. The number of thiazole rings is 1. The van der Waals surface area contributed by atoms with Crippen molar-refractivity contribution in [2.45, 2.75) is 90.8 Å². The Kier molecular flexibility index (Phi) is 13.0. The van der Waals surface area contributed by atoms with E-state index < -0.39 is 29.6 Å². The SMILES string of the molecule is CCO[C@@H]1c2nc(cs2)-c2ccc3c(c2)c(c(-c2cc(N4CCN(C)CC4)cnc2[C@H](C)OC)n3CC)CC(C)(C)COC(=O)[C@@H]2CCCN(N2)C(=O)[C@H]1NC(=O)N1C[C@H]2CN(C)C[C@H]21. The number of carbonyl (C=O) groups excluding carboxylic acids is 3. The summed E-state index contributed by atoms with van der Waals surface area (Å²) < 4.78 is 21.0. The summed E-state index contributed by atoms with van der Waals surface area (Å²) >= 11 is 1.42. The van der Waals surface area contributed by atoms with Gasteiger partial charge in [-0.25, -0.2) is 15.2 Å². The van der Waals surface area contributed by atoms with Gasteiger partial charge in [0, 0.05) is 111 Å². The number of cyclic esters (lactones) is 1. The number of methoxy groups -OCH3 is 1. The number of hydrogen-bond donors (Lipinski definition) is 2. The van der Waals surface area contributed by atoms with Crippen LogP contribution in [-0.2, 0) is 36.8 Å². The highest BCUT2D eigenvalue weighted by Crippen LogP contribution is 2.43. The van der Waals surface area contributed by atoms with Crippen LogP contribution in [0.3, 0.4) is 0 Å². The highest BCUT2D eigenvalue weighted by atomic mass is 32.1. The zero-order chi connectivity index (χ0) is 45.7. The summed E-state index contributed by atoms with van der Waals surface area (Å²) in [4.78, 5) is 62.1. The quantitative estimate of drug-likeness (QED) is 0.220. The molecule has 6 atom stereocenters. The molecule has 17 heteroatoms. The third kappa shape index (κ3) is 8.87. The number of anilines is 1. The van der Waals surface area contributed by atoms with Crippen LogP contribution in [0.25, 0.3) is 33.4 Å². The van der Waals surface area contributed by atoms with Gasteiger partial charge in [-0.15, -0.1) is 11.3 Å². The summed E-state index contributed by atoms with van der Waals surface area (Å²) in [7, 11) is 5.96. The summed E-state index contributed by atoms with van der Waals surface area (Å²) in [6.07, 6.45) is 2.50. The lowest BCUT2D eigenvalue weighted by atomic mass is 9.84. The van der Waals surface area contributed by atoms with Crippen LogP contribution in [-0.4, -0.2) is 157 Å². The first-order valence-corrected chi connectivity index (χ1v) is 24.3. The van der Waals surface area contributed by atoms with Crippen molar-refractivity contribution in [2.75, 3.05) is 91.7 Å². The highest BCUT2D eigenvalue weighted by molar-refractivity contribution is 7.10. The number of hydrazine groups is 1. The molecule has 4 fully saturated rings. The second kappa shape index (κ2) is 18.6. The Morgan fingerprint density at radius 3 is 2.60 bits per heavy atom. The Morgan fingerprint density at radius 2 is 1.86 bits per heavy atom. The Bertz CT molecular complexity index is 2410. The summed E-state index contributed by atoms with van der Waals surface area (Å²) in [6.45, 7) is 18.0. The molecule has 4 saturated heterocycles. The van der Waals surface area contributed by atoms with Gasteiger partial charge in [-0.3, -0.25) is 19.6 Å². The van der Waals surface area contributed by atoms with Crippen molar-refractivity contribution in [3.63, 3.8) is 0 Å². The standard InChI is InChI=1S/C48H66N10O6S/c1-9-56-38-14-13-30-20-33(38)35(42(56)34-21-32(23-49-40(34)29(3)62-8)55-18-16-53(6)17-19-55)22-48(4,5)28-64-46(60)36-12-11-15-58(52-36)45(59)41(43(63-10-2)44-50-37(30)27-65-44)51-47(61)57-25-31-24-54(7)26-39(31)57/h13-14,20-21,23,27,29,31,36,39,41,43,52H,9-12,15-19,22,24-26,28H2,1-8H3,(H,51,61)/t29-,31+,36-,39+,41-,43-/m0/s1. The van der Waals surface area contributed by atoms with Crippen LogP contribution in [0.1, 0.15) is 75.9 Å². The number of nitrogens with zero attached hydrogens (tertiary/aromatic N) is 8. The normalized spacial score (nSPS) is 25.8. The van der Waals surface area contributed by atoms with E-state index in [4.69, 9.17) is 24.2 Å². The van der Waals surface area contributed by atoms with E-state index in [1.165, 1.54) is 16.3 Å². The second-order valence-corrected chi connectivity index (χ2v) is 20.3. The number of aryl methyl sites for hydroxylation is 1. The number of esters is 1. The van der Waals surface area contributed by atoms with Crippen LogP contribution < -0.4 is 15.6 Å². The van der Waals surface area contributed by atoms with Gasteiger partial charge in [0.2, 0.25) is 0 Å². The number of urea groups is 1. The fourth-order valence-electron chi connectivity index (χ4n) is 10.5. The molecule has 4 aromatic rings. The predicted molar refractivity (Wildman–Crippen MR) is 252 cm³/mol. The number of carbonyl (C=O) groups is 3. The van der Waals surface area contributed by atoms with E-state index >= 15 is 0 Å². The zero-order valence-corrected chi connectivity index (χ0v) is 40.1. The lowest BCUT2D eigenvalue weighted by Crippen LogP contribution is -2.65. The topological polar surface area (TPSA) is 150 Å². The first kappa shape index (κ1) is 45.5. The highest BCUT2D eigenvalue weighted by Gasteiger charge is 2.49. The molecular weight excluding hydrogens is 845 g/mol. The molecule has 5 aliphatic heterocycles. The van der Waals surface area contributed by atoms with Gasteiger partial charge < -0.3 is 43.7 Å². The lowest BCUT2D eigenvalue weighted by Gasteiger charge is -2.44. The fraction of sp³-hybridized carbons (Fsp3) is 0.604. The maximum absolute atomic E-state index is 14.8. The molecule has 5 aliphatic rings. The Labute approximate surface area is 386 Å². The molecule has 3 aromatic heterocycles. The van der Waals surface area contributed by atoms with E-state index in [1.807, 2.05) is 30.3 Å². The van der Waals surface area contributed by atoms with E-state index in [2.05, 4.69) is 89.1 Å². The number of piperazine rings is 1. The molecule has 350 valence electrons. The first-order valence-electron chi connectivity index (χ1n) is 23.5. The van der Waals surface area contributed by atoms with Crippen molar-refractivity contribution in [1.29, 1.82) is 0 Å². The summed E-state index contributed by atoms with van der Waals surface area (Å²) in [6, 6.07) is 6.73. The maximum atomic E-state index is 14.8. The molecule has 3 amide bonds. The average Bonchev–Trinajstić information content (AvgIpc) is 3.99. The van der Waals surface area contributed by atoms with E-state index in [0.29, 0.717) is 49.8 Å². The number of likely N-dealkylation sites (N-methyl/N-ethyl adjacent to an activating group) is 2. The third-order valence-electron chi connectivity index (χ3n) is 14.2. The second-order valence-electron chi connectivity index (χ2n) is 19.4. The molecule has 6 bridgehead atoms. The summed E-state index contributed by atoms with van der Waals surface area (Å²) in [5, 5.41) is 8.25. The first-order chi connectivity index (χ1) is 31.3. The van der Waals surface area contributed by atoms with Crippen LogP contribution in [0.15, 0.2) is 35.8 Å². The monoisotopic (exact) mass is 910 g/mol. The number of benzene rings is 1. The third-order valence-corrected chi connectivity index (χ3v) is 15.1. The van der Waals surface area contributed by atoms with Crippen LogP contribution in [0, 0.1) is 11.3 Å². The van der Waals surface area contributed by atoms with Gasteiger partial charge in [0.05, 0.1) is 47.7 Å². The van der Waals surface area contributed by atoms with Gasteiger partial charge in [0.25, 0.3) is 5.91 Å². The van der Waals surface area contributed by atoms with Gasteiger partial charge in [-0.2, -0.15) is 0 Å². The van der Waals surface area contributed by atoms with E-state index in [1.54, 1.807) is 7.11 Å². The molecule has 0 radical (unpaired) electrons. The molecule has 0 unspecified atom stereocenters. The average molecular weight is 911 g/mol. The Hall–Kier alpha value is -4.65. The molecule has 8 heterocycles. The lowest BCUT2D eigenvalue weighted by molar-refractivity contribution is -0.156. The molecule has 0 aliphatic carbocycles. The summed E-state index contributed by atoms with van der Waals surface area (Å²) in [5.74, 6) is -0.389. The number of aromatic nitrogens is 3. The molecule has 16 nitrogen and oxygen atoms in total. The minimum Gasteiger partial charge on any atom is -0.464 e. The minimum absolute atomic E-state index is 0.0952. The molecule has 9 rings (SSSR count). The predicted octanol–water partition coefficient (Wildman–Crippen LogP) is 5.33. The molecule has 65 heavy (non-hydrogen) atoms.